The van der Waals surface area contributed by atoms with Crippen LogP contribution in [0.15, 0.2) is 28.8 Å². The van der Waals surface area contributed by atoms with Crippen LogP contribution >= 0.6 is 0 Å². The zero-order valence-electron chi connectivity index (χ0n) is 11.3. The highest BCUT2D eigenvalue weighted by molar-refractivity contribution is 5.09. The van der Waals surface area contributed by atoms with Crippen molar-refractivity contribution in [1.82, 2.24) is 14.9 Å². The van der Waals surface area contributed by atoms with E-state index in [9.17, 15) is 0 Å². The summed E-state index contributed by atoms with van der Waals surface area (Å²) in [7, 11) is 2.05. The summed E-state index contributed by atoms with van der Waals surface area (Å²) in [5.74, 6) is 1.65. The van der Waals surface area contributed by atoms with Gasteiger partial charge in [0.2, 0.25) is 5.89 Å². The lowest BCUT2D eigenvalue weighted by atomic mass is 10.2. The molecular formula is C14H19N3O. The van der Waals surface area contributed by atoms with Gasteiger partial charge < -0.3 is 4.42 Å². The van der Waals surface area contributed by atoms with E-state index in [1.165, 1.54) is 0 Å². The van der Waals surface area contributed by atoms with Gasteiger partial charge >= 0.3 is 0 Å². The van der Waals surface area contributed by atoms with Crippen molar-refractivity contribution in [2.24, 2.45) is 0 Å². The normalized spacial score (nSPS) is 12.9. The Morgan fingerprint density at radius 3 is 2.67 bits per heavy atom. The summed E-state index contributed by atoms with van der Waals surface area (Å²) in [6, 6.07) is 6.20. The Morgan fingerprint density at radius 1 is 1.33 bits per heavy atom. The van der Waals surface area contributed by atoms with Gasteiger partial charge in [0.25, 0.3) is 0 Å². The van der Waals surface area contributed by atoms with Crippen molar-refractivity contribution in [2.45, 2.75) is 33.4 Å². The first-order valence-corrected chi connectivity index (χ1v) is 6.12. The molecule has 0 spiro atoms. The zero-order valence-corrected chi connectivity index (χ0v) is 11.3. The van der Waals surface area contributed by atoms with Gasteiger partial charge in [-0.3, -0.25) is 9.88 Å². The van der Waals surface area contributed by atoms with Gasteiger partial charge in [-0.25, -0.2) is 4.98 Å². The third kappa shape index (κ3) is 2.76. The minimum absolute atomic E-state index is 0.235. The minimum atomic E-state index is 0.235. The summed E-state index contributed by atoms with van der Waals surface area (Å²) in [5, 5.41) is 0. The van der Waals surface area contributed by atoms with Crippen LogP contribution in [0.1, 0.15) is 36.0 Å². The van der Waals surface area contributed by atoms with Crippen LogP contribution in [0.3, 0.4) is 0 Å². The topological polar surface area (TPSA) is 42.2 Å². The Labute approximate surface area is 108 Å². The van der Waals surface area contributed by atoms with Gasteiger partial charge in [-0.1, -0.05) is 6.07 Å². The zero-order chi connectivity index (χ0) is 13.1. The fourth-order valence-corrected chi connectivity index (χ4v) is 1.81. The van der Waals surface area contributed by atoms with Gasteiger partial charge in [-0.2, -0.15) is 0 Å². The van der Waals surface area contributed by atoms with Gasteiger partial charge in [0.15, 0.2) is 0 Å². The lowest BCUT2D eigenvalue weighted by Gasteiger charge is -2.22. The van der Waals surface area contributed by atoms with Crippen LogP contribution in [0, 0.1) is 13.8 Å². The molecule has 96 valence electrons. The maximum Gasteiger partial charge on any atom is 0.208 e. The molecule has 0 saturated carbocycles. The Kier molecular flexibility index (Phi) is 3.77. The molecule has 1 atom stereocenters. The quantitative estimate of drug-likeness (QED) is 0.830. The van der Waals surface area contributed by atoms with Crippen molar-refractivity contribution >= 4 is 0 Å². The van der Waals surface area contributed by atoms with Gasteiger partial charge in [0.1, 0.15) is 5.76 Å². The van der Waals surface area contributed by atoms with Crippen LogP contribution in [0.5, 0.6) is 0 Å². The van der Waals surface area contributed by atoms with Gasteiger partial charge in [-0.15, -0.1) is 0 Å². The van der Waals surface area contributed by atoms with Gasteiger partial charge in [0, 0.05) is 12.2 Å². The molecule has 0 aliphatic heterocycles. The second-order valence-electron chi connectivity index (χ2n) is 4.59. The Hall–Kier alpha value is -1.68. The summed E-state index contributed by atoms with van der Waals surface area (Å²) in [6.07, 6.45) is 1.82. The van der Waals surface area contributed by atoms with E-state index in [1.54, 1.807) is 0 Å². The molecule has 2 aromatic heterocycles. The van der Waals surface area contributed by atoms with Crippen molar-refractivity contribution < 1.29 is 4.42 Å². The molecule has 0 radical (unpaired) electrons. The van der Waals surface area contributed by atoms with Crippen LogP contribution in [0.4, 0.5) is 0 Å². The van der Waals surface area contributed by atoms with Crippen molar-refractivity contribution in [3.63, 3.8) is 0 Å². The SMILES string of the molecule is Cc1nc(CN(C)[C@H](C)c2ccccn2)oc1C. The fraction of sp³-hybridized carbons (Fsp3) is 0.429. The number of pyridine rings is 1. The van der Waals surface area contributed by atoms with Crippen LogP contribution < -0.4 is 0 Å². The van der Waals surface area contributed by atoms with E-state index >= 15 is 0 Å². The van der Waals surface area contributed by atoms with E-state index in [1.807, 2.05) is 45.3 Å². The van der Waals surface area contributed by atoms with E-state index < -0.39 is 0 Å². The number of aryl methyl sites for hydroxylation is 2. The number of nitrogens with zero attached hydrogens (tertiary/aromatic N) is 3. The molecule has 0 bridgehead atoms. The summed E-state index contributed by atoms with van der Waals surface area (Å²) in [4.78, 5) is 10.9. The highest BCUT2D eigenvalue weighted by atomic mass is 16.4. The maximum atomic E-state index is 5.60. The Balaban J connectivity index is 2.06. The third-order valence-electron chi connectivity index (χ3n) is 3.23. The number of hydrogen-bond donors (Lipinski definition) is 0. The molecule has 0 N–H and O–H groups in total. The monoisotopic (exact) mass is 245 g/mol. The highest BCUT2D eigenvalue weighted by Gasteiger charge is 2.15. The van der Waals surface area contributed by atoms with Crippen LogP contribution in [-0.2, 0) is 6.54 Å². The molecule has 0 aromatic carbocycles. The molecule has 0 amide bonds. The van der Waals surface area contributed by atoms with Crippen molar-refractivity contribution in [3.05, 3.63) is 47.4 Å². The molecule has 18 heavy (non-hydrogen) atoms. The molecule has 2 heterocycles. The number of aromatic nitrogens is 2. The van der Waals surface area contributed by atoms with E-state index in [0.29, 0.717) is 6.54 Å². The van der Waals surface area contributed by atoms with E-state index in [-0.39, 0.29) is 6.04 Å². The van der Waals surface area contributed by atoms with Crippen LogP contribution in [0.25, 0.3) is 0 Å². The molecule has 0 saturated heterocycles. The van der Waals surface area contributed by atoms with Crippen LogP contribution in [-0.4, -0.2) is 21.9 Å². The number of oxazole rings is 1. The average Bonchev–Trinajstić information content (AvgIpc) is 2.68. The predicted octanol–water partition coefficient (Wildman–Crippen LogP) is 2.88. The van der Waals surface area contributed by atoms with E-state index in [2.05, 4.69) is 21.8 Å². The predicted molar refractivity (Wildman–Crippen MR) is 70.1 cm³/mol. The van der Waals surface area contributed by atoms with Crippen molar-refractivity contribution in [3.8, 4) is 0 Å². The largest absolute Gasteiger partial charge is 0.444 e. The van der Waals surface area contributed by atoms with Gasteiger partial charge in [0.05, 0.1) is 17.9 Å². The molecule has 0 aliphatic carbocycles. The summed E-state index contributed by atoms with van der Waals surface area (Å²) >= 11 is 0. The molecule has 4 heteroatoms. The molecule has 0 aliphatic rings. The molecule has 2 rings (SSSR count). The standard InChI is InChI=1S/C14H19N3O/c1-10-12(3)18-14(16-10)9-17(4)11(2)13-7-5-6-8-15-13/h5-8,11H,9H2,1-4H3/t11-/m1/s1. The van der Waals surface area contributed by atoms with E-state index in [4.69, 9.17) is 4.42 Å². The lowest BCUT2D eigenvalue weighted by Crippen LogP contribution is -2.22. The smallest absolute Gasteiger partial charge is 0.208 e. The minimum Gasteiger partial charge on any atom is -0.444 e. The number of rotatable bonds is 4. The first-order valence-electron chi connectivity index (χ1n) is 6.12. The van der Waals surface area contributed by atoms with Gasteiger partial charge in [-0.05, 0) is 40.0 Å². The van der Waals surface area contributed by atoms with Crippen LogP contribution in [0.2, 0.25) is 0 Å². The fourth-order valence-electron chi connectivity index (χ4n) is 1.81. The lowest BCUT2D eigenvalue weighted by molar-refractivity contribution is 0.223. The average molecular weight is 245 g/mol. The molecule has 4 nitrogen and oxygen atoms in total. The first-order chi connectivity index (χ1) is 8.58. The second kappa shape index (κ2) is 5.31. The third-order valence-corrected chi connectivity index (χ3v) is 3.23. The molecule has 0 unspecified atom stereocenters. The molecule has 2 aromatic rings. The maximum absolute atomic E-state index is 5.60. The van der Waals surface area contributed by atoms with E-state index in [0.717, 1.165) is 23.0 Å². The first kappa shape index (κ1) is 12.8. The molecule has 0 fully saturated rings. The number of hydrogen-bond acceptors (Lipinski definition) is 4. The Bertz CT molecular complexity index is 488. The molecular weight excluding hydrogens is 226 g/mol. The van der Waals surface area contributed by atoms with Crippen molar-refractivity contribution in [1.29, 1.82) is 0 Å². The summed E-state index contributed by atoms with van der Waals surface area (Å²) < 4.78 is 5.60. The highest BCUT2D eigenvalue weighted by Crippen LogP contribution is 2.19. The second-order valence-corrected chi connectivity index (χ2v) is 4.59. The summed E-state index contributed by atoms with van der Waals surface area (Å²) in [5.41, 5.74) is 2.02. The van der Waals surface area contributed by atoms with Crippen molar-refractivity contribution in [2.75, 3.05) is 7.05 Å². The summed E-state index contributed by atoms with van der Waals surface area (Å²) in [6.45, 7) is 6.72. The Morgan fingerprint density at radius 2 is 2.11 bits per heavy atom.